The van der Waals surface area contributed by atoms with Crippen LogP contribution in [0.25, 0.3) is 0 Å². The fourth-order valence-corrected chi connectivity index (χ4v) is 3.61. The molecule has 0 spiro atoms. The highest BCUT2D eigenvalue weighted by Crippen LogP contribution is 2.09. The van der Waals surface area contributed by atoms with Gasteiger partial charge in [0.25, 0.3) is 0 Å². The first kappa shape index (κ1) is 29.5. The first-order valence-electron chi connectivity index (χ1n) is 12.1. The number of aliphatic carboxylic acids is 1. The standard InChI is InChI=1S/C25H36N6O6/c1-14(2)9-20(25(36)37)31-23(34)19(11-17-12-27-13-28-17)29-22(33)18(10-16-7-5-4-6-8-16)30-24(35)21(26)15(3)32/h4-8,12-15,18-21,32H,9-11,26H2,1-3H3,(H,27,28)(H,29,33)(H,30,35)(H,31,34)(H,36,37). The van der Waals surface area contributed by atoms with Crippen LogP contribution in [0, 0.1) is 5.92 Å². The lowest BCUT2D eigenvalue weighted by molar-refractivity contribution is -0.142. The van der Waals surface area contributed by atoms with E-state index in [1.165, 1.54) is 19.4 Å². The van der Waals surface area contributed by atoms with Gasteiger partial charge >= 0.3 is 5.97 Å². The Morgan fingerprint density at radius 2 is 1.49 bits per heavy atom. The average Bonchev–Trinajstić information content (AvgIpc) is 3.35. The minimum Gasteiger partial charge on any atom is -0.480 e. The van der Waals surface area contributed by atoms with E-state index in [2.05, 4.69) is 25.9 Å². The second-order valence-electron chi connectivity index (χ2n) is 9.39. The molecule has 5 unspecified atom stereocenters. The number of carboxylic acids is 1. The molecule has 2 rings (SSSR count). The number of carboxylic acid groups (broad SMARTS) is 1. The van der Waals surface area contributed by atoms with E-state index >= 15 is 0 Å². The van der Waals surface area contributed by atoms with Crippen LogP contribution in [0.15, 0.2) is 42.9 Å². The van der Waals surface area contributed by atoms with Gasteiger partial charge in [0.15, 0.2) is 0 Å². The number of rotatable bonds is 14. The molecule has 8 N–H and O–H groups in total. The van der Waals surface area contributed by atoms with Crippen molar-refractivity contribution in [2.75, 3.05) is 0 Å². The number of nitrogens with two attached hydrogens (primary N) is 1. The number of imidazole rings is 1. The number of carbonyl (C=O) groups excluding carboxylic acids is 3. The van der Waals surface area contributed by atoms with E-state index in [1.54, 1.807) is 30.3 Å². The molecule has 0 fully saturated rings. The Labute approximate surface area is 215 Å². The number of hydrogen-bond acceptors (Lipinski definition) is 7. The van der Waals surface area contributed by atoms with Crippen molar-refractivity contribution in [1.82, 2.24) is 25.9 Å². The molecule has 12 heteroatoms. The van der Waals surface area contributed by atoms with Gasteiger partial charge in [0, 0.05) is 24.7 Å². The fourth-order valence-electron chi connectivity index (χ4n) is 3.61. The summed E-state index contributed by atoms with van der Waals surface area (Å²) >= 11 is 0. The van der Waals surface area contributed by atoms with Crippen molar-refractivity contribution in [2.24, 2.45) is 11.7 Å². The van der Waals surface area contributed by atoms with Gasteiger partial charge in [-0.15, -0.1) is 0 Å². The van der Waals surface area contributed by atoms with Gasteiger partial charge in [0.1, 0.15) is 24.2 Å². The number of amides is 3. The Kier molecular flexibility index (Phi) is 11.2. The van der Waals surface area contributed by atoms with Crippen molar-refractivity contribution in [3.05, 3.63) is 54.1 Å². The van der Waals surface area contributed by atoms with E-state index in [9.17, 15) is 29.4 Å². The minimum atomic E-state index is -1.26. The summed E-state index contributed by atoms with van der Waals surface area (Å²) in [5.74, 6) is -3.28. The molecule has 37 heavy (non-hydrogen) atoms. The fraction of sp³-hybridized carbons (Fsp3) is 0.480. The number of aromatic nitrogens is 2. The number of carbonyl (C=O) groups is 4. The Hall–Kier alpha value is -3.77. The van der Waals surface area contributed by atoms with E-state index in [0.717, 1.165) is 5.56 Å². The third-order valence-electron chi connectivity index (χ3n) is 5.67. The number of hydrogen-bond donors (Lipinski definition) is 7. The molecule has 1 aromatic heterocycles. The maximum atomic E-state index is 13.4. The molecule has 202 valence electrons. The van der Waals surface area contributed by atoms with Crippen LogP contribution in [0.2, 0.25) is 0 Å². The molecule has 1 aromatic carbocycles. The number of aromatic amines is 1. The molecular weight excluding hydrogens is 480 g/mol. The molecule has 2 aromatic rings. The Morgan fingerprint density at radius 1 is 0.919 bits per heavy atom. The second kappa shape index (κ2) is 14.1. The highest BCUT2D eigenvalue weighted by molar-refractivity contribution is 5.94. The summed E-state index contributed by atoms with van der Waals surface area (Å²) in [7, 11) is 0. The molecule has 0 aliphatic heterocycles. The van der Waals surface area contributed by atoms with Gasteiger partial charge in [0.2, 0.25) is 17.7 Å². The lowest BCUT2D eigenvalue weighted by Gasteiger charge is -2.26. The van der Waals surface area contributed by atoms with Crippen molar-refractivity contribution in [2.45, 2.75) is 70.3 Å². The first-order valence-corrected chi connectivity index (χ1v) is 12.1. The van der Waals surface area contributed by atoms with Gasteiger partial charge in [-0.05, 0) is 24.8 Å². The van der Waals surface area contributed by atoms with Gasteiger partial charge in [-0.2, -0.15) is 0 Å². The predicted molar refractivity (Wildman–Crippen MR) is 135 cm³/mol. The SMILES string of the molecule is CC(C)CC(NC(=O)C(Cc1cnc[nH]1)NC(=O)C(Cc1ccccc1)NC(=O)C(N)C(C)O)C(=O)O. The van der Waals surface area contributed by atoms with Gasteiger partial charge < -0.3 is 36.9 Å². The summed E-state index contributed by atoms with van der Waals surface area (Å²) in [5, 5.41) is 26.9. The molecule has 0 saturated carbocycles. The van der Waals surface area contributed by atoms with E-state index in [1.807, 2.05) is 13.8 Å². The van der Waals surface area contributed by atoms with Crippen LogP contribution in [0.5, 0.6) is 0 Å². The number of aliphatic hydroxyl groups is 1. The zero-order valence-corrected chi connectivity index (χ0v) is 21.2. The first-order chi connectivity index (χ1) is 17.5. The van der Waals surface area contributed by atoms with Crippen LogP contribution in [0.3, 0.4) is 0 Å². The second-order valence-corrected chi connectivity index (χ2v) is 9.39. The maximum Gasteiger partial charge on any atom is 0.326 e. The molecule has 0 aliphatic rings. The number of benzene rings is 1. The summed E-state index contributed by atoms with van der Waals surface area (Å²) in [4.78, 5) is 57.5. The van der Waals surface area contributed by atoms with Crippen LogP contribution in [0.4, 0.5) is 0 Å². The maximum absolute atomic E-state index is 13.4. The number of nitrogens with zero attached hydrogens (tertiary/aromatic N) is 1. The molecular formula is C25H36N6O6. The molecule has 12 nitrogen and oxygen atoms in total. The van der Waals surface area contributed by atoms with E-state index < -0.39 is 54.0 Å². The Morgan fingerprint density at radius 3 is 2.00 bits per heavy atom. The Balaban J connectivity index is 2.27. The van der Waals surface area contributed by atoms with E-state index in [0.29, 0.717) is 5.69 Å². The lowest BCUT2D eigenvalue weighted by atomic mass is 10.0. The van der Waals surface area contributed by atoms with E-state index in [4.69, 9.17) is 5.73 Å². The normalized spacial score (nSPS) is 15.2. The van der Waals surface area contributed by atoms with Crippen molar-refractivity contribution in [3.63, 3.8) is 0 Å². The van der Waals surface area contributed by atoms with Crippen LogP contribution < -0.4 is 21.7 Å². The average molecular weight is 517 g/mol. The van der Waals surface area contributed by atoms with Crippen molar-refractivity contribution in [1.29, 1.82) is 0 Å². The largest absolute Gasteiger partial charge is 0.480 e. The summed E-state index contributed by atoms with van der Waals surface area (Å²) in [6, 6.07) is 4.23. The summed E-state index contributed by atoms with van der Waals surface area (Å²) < 4.78 is 0. The van der Waals surface area contributed by atoms with E-state index in [-0.39, 0.29) is 25.2 Å². The van der Waals surface area contributed by atoms with Gasteiger partial charge in [-0.25, -0.2) is 9.78 Å². The summed E-state index contributed by atoms with van der Waals surface area (Å²) in [6.07, 6.45) is 2.06. The molecule has 0 saturated heterocycles. The van der Waals surface area contributed by atoms with Crippen LogP contribution in [0.1, 0.15) is 38.4 Å². The number of nitrogens with one attached hydrogen (secondary N) is 4. The molecule has 0 bridgehead atoms. The third kappa shape index (κ3) is 9.66. The molecule has 1 heterocycles. The number of aliphatic hydroxyl groups excluding tert-OH is 1. The molecule has 0 aliphatic carbocycles. The molecule has 3 amide bonds. The molecule has 5 atom stereocenters. The smallest absolute Gasteiger partial charge is 0.326 e. The van der Waals surface area contributed by atoms with Crippen LogP contribution in [-0.2, 0) is 32.0 Å². The lowest BCUT2D eigenvalue weighted by Crippen LogP contribution is -2.59. The monoisotopic (exact) mass is 516 g/mol. The van der Waals surface area contributed by atoms with Gasteiger partial charge in [0.05, 0.1) is 12.4 Å². The van der Waals surface area contributed by atoms with Crippen LogP contribution in [-0.4, -0.2) is 74.1 Å². The number of H-pyrrole nitrogens is 1. The van der Waals surface area contributed by atoms with Crippen LogP contribution >= 0.6 is 0 Å². The highest BCUT2D eigenvalue weighted by Gasteiger charge is 2.31. The summed E-state index contributed by atoms with van der Waals surface area (Å²) in [5.41, 5.74) is 7.02. The minimum absolute atomic E-state index is 0.00474. The zero-order chi connectivity index (χ0) is 27.5. The third-order valence-corrected chi connectivity index (χ3v) is 5.67. The van der Waals surface area contributed by atoms with Crippen molar-refractivity contribution < 1.29 is 29.4 Å². The summed E-state index contributed by atoms with van der Waals surface area (Å²) in [6.45, 7) is 5.03. The quantitative estimate of drug-likeness (QED) is 0.174. The van der Waals surface area contributed by atoms with Crippen molar-refractivity contribution >= 4 is 23.7 Å². The zero-order valence-electron chi connectivity index (χ0n) is 21.2. The molecule has 0 radical (unpaired) electrons. The predicted octanol–water partition coefficient (Wildman–Crippen LogP) is -0.512. The topological polar surface area (TPSA) is 200 Å². The Bertz CT molecular complexity index is 1030. The van der Waals surface area contributed by atoms with Crippen molar-refractivity contribution in [3.8, 4) is 0 Å². The van der Waals surface area contributed by atoms with Gasteiger partial charge in [-0.1, -0.05) is 44.2 Å². The highest BCUT2D eigenvalue weighted by atomic mass is 16.4. The van der Waals surface area contributed by atoms with Gasteiger partial charge in [-0.3, -0.25) is 14.4 Å².